The average Bonchev–Trinajstić information content (AvgIpc) is 2.88. The van der Waals surface area contributed by atoms with Crippen LogP contribution in [-0.4, -0.2) is 85.5 Å². The number of aromatic hydroxyl groups is 1. The third kappa shape index (κ3) is 7.48. The number of amides is 1. The van der Waals surface area contributed by atoms with Crippen molar-refractivity contribution >= 4 is 23.3 Å². The number of amidine groups is 2. The molecule has 40 heavy (non-hydrogen) atoms. The number of rotatable bonds is 7. The topological polar surface area (TPSA) is 116 Å². The molecule has 0 spiro atoms. The van der Waals surface area contributed by atoms with E-state index in [1.165, 1.54) is 31.4 Å². The van der Waals surface area contributed by atoms with Crippen LogP contribution in [0.25, 0.3) is 0 Å². The van der Waals surface area contributed by atoms with Crippen molar-refractivity contribution in [3.63, 3.8) is 0 Å². The Labute approximate surface area is 230 Å². The van der Waals surface area contributed by atoms with E-state index in [4.69, 9.17) is 15.6 Å². The van der Waals surface area contributed by atoms with Gasteiger partial charge in [-0.1, -0.05) is 19.9 Å². The van der Waals surface area contributed by atoms with Gasteiger partial charge in [-0.25, -0.2) is 4.39 Å². The fourth-order valence-corrected chi connectivity index (χ4v) is 4.34. The van der Waals surface area contributed by atoms with Crippen LogP contribution >= 0.6 is 0 Å². The molecule has 2 aromatic carbocycles. The van der Waals surface area contributed by atoms with Crippen LogP contribution in [0.3, 0.4) is 0 Å². The third-order valence-electron chi connectivity index (χ3n) is 6.59. The standard InChI is InChI=1S/C27H34F4N6O3/c1-16(2)18-12-19(22(38)13-23(18)40-4)24(32)37(25(33)26(39)34-15-27(29,30)31)21-6-5-17(11-20(21)28)14-36-9-7-35(3)8-10-36/h5-6,11-13,16,32-33,38H,7-10,14-15H2,1-4H3,(H,34,39). The van der Waals surface area contributed by atoms with E-state index < -0.39 is 47.6 Å². The van der Waals surface area contributed by atoms with Gasteiger partial charge in [0.25, 0.3) is 5.91 Å². The Bertz CT molecular complexity index is 1260. The monoisotopic (exact) mass is 566 g/mol. The number of phenolic OH excluding ortho intramolecular Hbond substituents is 1. The predicted octanol–water partition coefficient (Wildman–Crippen LogP) is 3.90. The van der Waals surface area contributed by atoms with Gasteiger partial charge in [0.15, 0.2) is 5.84 Å². The predicted molar refractivity (Wildman–Crippen MR) is 144 cm³/mol. The second-order valence-corrected chi connectivity index (χ2v) is 9.96. The summed E-state index contributed by atoms with van der Waals surface area (Å²) < 4.78 is 59.1. The lowest BCUT2D eigenvalue weighted by atomic mass is 9.97. The second-order valence-electron chi connectivity index (χ2n) is 9.96. The highest BCUT2D eigenvalue weighted by Crippen LogP contribution is 2.35. The van der Waals surface area contributed by atoms with E-state index in [-0.39, 0.29) is 11.5 Å². The number of likely N-dealkylation sites (N-methyl/N-ethyl adjacent to an activating group) is 1. The van der Waals surface area contributed by atoms with Crippen LogP contribution in [0.5, 0.6) is 11.5 Å². The zero-order valence-corrected chi connectivity index (χ0v) is 22.8. The summed E-state index contributed by atoms with van der Waals surface area (Å²) in [6.45, 7) is 5.71. The van der Waals surface area contributed by atoms with E-state index in [1.807, 2.05) is 20.9 Å². The van der Waals surface area contributed by atoms with Crippen molar-refractivity contribution < 1.29 is 32.2 Å². The number of nitrogens with zero attached hydrogens (tertiary/aromatic N) is 3. The highest BCUT2D eigenvalue weighted by atomic mass is 19.4. The molecule has 0 bridgehead atoms. The van der Waals surface area contributed by atoms with Crippen molar-refractivity contribution in [2.75, 3.05) is 51.8 Å². The molecular formula is C27H34F4N6O3. The maximum absolute atomic E-state index is 15.6. The molecule has 1 saturated heterocycles. The second kappa shape index (κ2) is 12.6. The summed E-state index contributed by atoms with van der Waals surface area (Å²) in [4.78, 5) is 17.5. The van der Waals surface area contributed by atoms with Crippen LogP contribution in [0.4, 0.5) is 23.2 Å². The molecule has 1 amide bonds. The quantitative estimate of drug-likeness (QED) is 0.230. The summed E-state index contributed by atoms with van der Waals surface area (Å²) in [5.74, 6) is -4.42. The fraction of sp³-hybridized carbons (Fsp3) is 0.444. The highest BCUT2D eigenvalue weighted by Gasteiger charge is 2.33. The SMILES string of the molecule is COc1cc(O)c(C(=N)N(C(=N)C(=O)NCC(F)(F)F)c2ccc(CN3CCN(C)CC3)cc2F)cc1C(C)C. The molecule has 0 saturated carbocycles. The Hall–Kier alpha value is -3.71. The number of piperazine rings is 1. The highest BCUT2D eigenvalue weighted by molar-refractivity contribution is 6.48. The lowest BCUT2D eigenvalue weighted by Gasteiger charge is -2.32. The Morgan fingerprint density at radius 1 is 1.15 bits per heavy atom. The number of anilines is 1. The summed E-state index contributed by atoms with van der Waals surface area (Å²) in [6, 6.07) is 6.72. The van der Waals surface area contributed by atoms with Crippen LogP contribution in [-0.2, 0) is 11.3 Å². The fourth-order valence-electron chi connectivity index (χ4n) is 4.34. The number of halogens is 4. The van der Waals surface area contributed by atoms with E-state index in [9.17, 15) is 23.1 Å². The van der Waals surface area contributed by atoms with Crippen molar-refractivity contribution in [3.8, 4) is 11.5 Å². The molecule has 0 aromatic heterocycles. The van der Waals surface area contributed by atoms with Crippen molar-refractivity contribution in [2.24, 2.45) is 0 Å². The van der Waals surface area contributed by atoms with Crippen LogP contribution in [0, 0.1) is 16.6 Å². The Morgan fingerprint density at radius 2 is 1.80 bits per heavy atom. The Morgan fingerprint density at radius 3 is 2.35 bits per heavy atom. The third-order valence-corrected chi connectivity index (χ3v) is 6.59. The normalized spacial score (nSPS) is 14.7. The van der Waals surface area contributed by atoms with Crippen molar-refractivity contribution in [1.29, 1.82) is 10.8 Å². The van der Waals surface area contributed by atoms with Gasteiger partial charge >= 0.3 is 6.18 Å². The molecule has 1 heterocycles. The molecule has 4 N–H and O–H groups in total. The van der Waals surface area contributed by atoms with E-state index in [0.717, 1.165) is 26.2 Å². The zero-order chi connectivity index (χ0) is 29.8. The molecule has 13 heteroatoms. The number of methoxy groups -OCH3 is 1. The smallest absolute Gasteiger partial charge is 0.405 e. The molecule has 1 aliphatic heterocycles. The first-order chi connectivity index (χ1) is 18.7. The van der Waals surface area contributed by atoms with E-state index in [2.05, 4.69) is 9.80 Å². The van der Waals surface area contributed by atoms with Crippen LogP contribution < -0.4 is 15.0 Å². The van der Waals surface area contributed by atoms with E-state index in [0.29, 0.717) is 28.3 Å². The first-order valence-electron chi connectivity index (χ1n) is 12.6. The minimum Gasteiger partial charge on any atom is -0.507 e. The number of hydrogen-bond acceptors (Lipinski definition) is 7. The number of carbonyl (C=O) groups excluding carboxylic acids is 1. The molecule has 3 rings (SSSR count). The largest absolute Gasteiger partial charge is 0.507 e. The van der Waals surface area contributed by atoms with Crippen molar-refractivity contribution in [2.45, 2.75) is 32.5 Å². The van der Waals surface area contributed by atoms with Crippen LogP contribution in [0.2, 0.25) is 0 Å². The minimum atomic E-state index is -4.75. The molecule has 2 aromatic rings. The van der Waals surface area contributed by atoms with Gasteiger partial charge in [0, 0.05) is 38.8 Å². The van der Waals surface area contributed by atoms with Crippen molar-refractivity contribution in [1.82, 2.24) is 15.1 Å². The number of benzene rings is 2. The van der Waals surface area contributed by atoms with Gasteiger partial charge in [-0.15, -0.1) is 0 Å². The summed E-state index contributed by atoms with van der Waals surface area (Å²) in [5.41, 5.74) is 0.621. The molecule has 0 unspecified atom stereocenters. The summed E-state index contributed by atoms with van der Waals surface area (Å²) >= 11 is 0. The zero-order valence-electron chi connectivity index (χ0n) is 22.8. The molecule has 1 aliphatic rings. The number of nitrogens with one attached hydrogen (secondary N) is 3. The number of carbonyl (C=O) groups is 1. The minimum absolute atomic E-state index is 0.129. The maximum atomic E-state index is 15.6. The Kier molecular flexibility index (Phi) is 9.74. The van der Waals surface area contributed by atoms with E-state index in [1.54, 1.807) is 11.4 Å². The van der Waals surface area contributed by atoms with Crippen LogP contribution in [0.1, 0.15) is 36.5 Å². The van der Waals surface area contributed by atoms with Gasteiger partial charge in [0.2, 0.25) is 0 Å². The molecule has 1 fully saturated rings. The first-order valence-corrected chi connectivity index (χ1v) is 12.6. The number of ether oxygens (including phenoxy) is 1. The lowest BCUT2D eigenvalue weighted by molar-refractivity contribution is -0.134. The summed E-state index contributed by atoms with van der Waals surface area (Å²) in [5, 5.41) is 29.4. The van der Waals surface area contributed by atoms with Crippen molar-refractivity contribution in [3.05, 3.63) is 52.8 Å². The molecule has 0 radical (unpaired) electrons. The van der Waals surface area contributed by atoms with Gasteiger partial charge in [-0.3, -0.25) is 25.4 Å². The number of alkyl halides is 3. The first kappa shape index (κ1) is 30.8. The molecule has 218 valence electrons. The van der Waals surface area contributed by atoms with Crippen LogP contribution in [0.15, 0.2) is 30.3 Å². The van der Waals surface area contributed by atoms with Gasteiger partial charge in [0.05, 0.1) is 18.4 Å². The molecule has 9 nitrogen and oxygen atoms in total. The van der Waals surface area contributed by atoms with Gasteiger partial charge in [-0.05, 0) is 42.3 Å². The van der Waals surface area contributed by atoms with E-state index >= 15 is 4.39 Å². The van der Waals surface area contributed by atoms with Gasteiger partial charge in [0.1, 0.15) is 29.7 Å². The molecule has 0 atom stereocenters. The number of phenols is 1. The Balaban J connectivity index is 2.01. The lowest BCUT2D eigenvalue weighted by Crippen LogP contribution is -2.48. The summed E-state index contributed by atoms with van der Waals surface area (Å²) in [6.07, 6.45) is -4.75. The molecule has 0 aliphatic carbocycles. The number of hydrogen-bond donors (Lipinski definition) is 4. The average molecular weight is 567 g/mol. The summed E-state index contributed by atoms with van der Waals surface area (Å²) in [7, 11) is 3.41. The van der Waals surface area contributed by atoms with Gasteiger partial charge in [-0.2, -0.15) is 13.2 Å². The van der Waals surface area contributed by atoms with Gasteiger partial charge < -0.3 is 20.1 Å². The molecular weight excluding hydrogens is 532 g/mol. The maximum Gasteiger partial charge on any atom is 0.405 e.